The zero-order valence-electron chi connectivity index (χ0n) is 15.9. The molecule has 0 heterocycles. The van der Waals surface area contributed by atoms with E-state index in [9.17, 15) is 9.59 Å². The molecule has 2 aromatic carbocycles. The lowest BCUT2D eigenvalue weighted by Gasteiger charge is -2.18. The van der Waals surface area contributed by atoms with Crippen LogP contribution in [0.4, 0.5) is 0 Å². The number of ether oxygens (including phenoxy) is 2. The largest absolute Gasteiger partial charge is 0.489 e. The van der Waals surface area contributed by atoms with Crippen molar-refractivity contribution in [2.24, 2.45) is 5.92 Å². The summed E-state index contributed by atoms with van der Waals surface area (Å²) in [4.78, 5) is 25.1. The van der Waals surface area contributed by atoms with Gasteiger partial charge in [-0.15, -0.1) is 0 Å². The molecule has 0 N–H and O–H groups in total. The number of carbonyl (C=O) groups excluding carboxylic acids is 2. The van der Waals surface area contributed by atoms with Crippen LogP contribution in [-0.2, 0) is 20.9 Å². The van der Waals surface area contributed by atoms with Gasteiger partial charge in [0, 0.05) is 19.7 Å². The molecule has 27 heavy (non-hydrogen) atoms. The Hall–Kier alpha value is -3.08. The summed E-state index contributed by atoms with van der Waals surface area (Å²) in [7, 11) is 3.00. The highest BCUT2D eigenvalue weighted by Crippen LogP contribution is 2.15. The predicted octanol–water partition coefficient (Wildman–Crippen LogP) is 3.55. The van der Waals surface area contributed by atoms with E-state index in [2.05, 4.69) is 4.74 Å². The van der Waals surface area contributed by atoms with E-state index in [4.69, 9.17) is 4.74 Å². The number of amides is 1. The molecule has 2 rings (SSSR count). The van der Waals surface area contributed by atoms with Gasteiger partial charge < -0.3 is 14.4 Å². The van der Waals surface area contributed by atoms with Gasteiger partial charge in [0.1, 0.15) is 12.4 Å². The molecule has 0 aromatic heterocycles. The zero-order valence-corrected chi connectivity index (χ0v) is 15.9. The minimum atomic E-state index is -0.363. The standard InChI is InChI=1S/C22H25NO4/c1-17(22(25)26-3)15-23(2)21(24)14-11-18-9-12-20(13-10-18)27-16-19-7-5-4-6-8-19/h4-14,17H,15-16H2,1-3H3/b14-11+. The monoisotopic (exact) mass is 367 g/mol. The summed E-state index contributed by atoms with van der Waals surface area (Å²) in [6, 6.07) is 17.5. The maximum Gasteiger partial charge on any atom is 0.310 e. The molecule has 5 heteroatoms. The van der Waals surface area contributed by atoms with E-state index >= 15 is 0 Å². The minimum absolute atomic E-state index is 0.171. The van der Waals surface area contributed by atoms with Crippen molar-refractivity contribution in [3.8, 4) is 5.75 Å². The smallest absolute Gasteiger partial charge is 0.310 e. The van der Waals surface area contributed by atoms with Crippen LogP contribution in [0.25, 0.3) is 6.08 Å². The van der Waals surface area contributed by atoms with Gasteiger partial charge in [0.25, 0.3) is 0 Å². The van der Waals surface area contributed by atoms with Gasteiger partial charge in [0.05, 0.1) is 13.0 Å². The molecular weight excluding hydrogens is 342 g/mol. The van der Waals surface area contributed by atoms with E-state index in [1.165, 1.54) is 18.1 Å². The fourth-order valence-electron chi connectivity index (χ4n) is 2.49. The minimum Gasteiger partial charge on any atom is -0.489 e. The van der Waals surface area contributed by atoms with E-state index in [0.717, 1.165) is 16.9 Å². The predicted molar refractivity (Wildman–Crippen MR) is 105 cm³/mol. The van der Waals surface area contributed by atoms with Crippen molar-refractivity contribution in [3.63, 3.8) is 0 Å². The third-order valence-electron chi connectivity index (χ3n) is 4.07. The van der Waals surface area contributed by atoms with Crippen molar-refractivity contribution in [2.45, 2.75) is 13.5 Å². The Labute approximate surface area is 160 Å². The summed E-state index contributed by atoms with van der Waals surface area (Å²) < 4.78 is 10.4. The van der Waals surface area contributed by atoms with Crippen molar-refractivity contribution in [3.05, 3.63) is 71.8 Å². The van der Waals surface area contributed by atoms with Gasteiger partial charge in [-0.2, -0.15) is 0 Å². The summed E-state index contributed by atoms with van der Waals surface area (Å²) >= 11 is 0. The Morgan fingerprint density at radius 3 is 2.37 bits per heavy atom. The number of nitrogens with zero attached hydrogens (tertiary/aromatic N) is 1. The summed E-state index contributed by atoms with van der Waals surface area (Å²) in [6.45, 7) is 2.55. The molecule has 0 aliphatic rings. The first-order chi connectivity index (χ1) is 13.0. The number of methoxy groups -OCH3 is 1. The Balaban J connectivity index is 1.85. The van der Waals surface area contributed by atoms with Crippen LogP contribution in [0.1, 0.15) is 18.1 Å². The van der Waals surface area contributed by atoms with E-state index in [-0.39, 0.29) is 17.8 Å². The van der Waals surface area contributed by atoms with Crippen LogP contribution >= 0.6 is 0 Å². The molecule has 1 atom stereocenters. The molecule has 142 valence electrons. The van der Waals surface area contributed by atoms with Crippen LogP contribution in [0.2, 0.25) is 0 Å². The van der Waals surface area contributed by atoms with Crippen LogP contribution < -0.4 is 4.74 Å². The van der Waals surface area contributed by atoms with Gasteiger partial charge in [-0.05, 0) is 29.3 Å². The Morgan fingerprint density at radius 1 is 1.07 bits per heavy atom. The Bertz CT molecular complexity index is 769. The lowest BCUT2D eigenvalue weighted by atomic mass is 10.1. The van der Waals surface area contributed by atoms with Crippen molar-refractivity contribution in [1.29, 1.82) is 0 Å². The van der Waals surface area contributed by atoms with E-state index < -0.39 is 0 Å². The molecule has 5 nitrogen and oxygen atoms in total. The first-order valence-electron chi connectivity index (χ1n) is 8.77. The van der Waals surface area contributed by atoms with Crippen LogP contribution in [-0.4, -0.2) is 37.5 Å². The summed E-state index contributed by atoms with van der Waals surface area (Å²) in [6.07, 6.45) is 3.23. The van der Waals surface area contributed by atoms with Crippen LogP contribution in [0.5, 0.6) is 5.75 Å². The van der Waals surface area contributed by atoms with Crippen LogP contribution in [0.3, 0.4) is 0 Å². The quantitative estimate of drug-likeness (QED) is 0.529. The van der Waals surface area contributed by atoms with Gasteiger partial charge >= 0.3 is 5.97 Å². The molecule has 0 radical (unpaired) electrons. The third-order valence-corrected chi connectivity index (χ3v) is 4.07. The first-order valence-corrected chi connectivity index (χ1v) is 8.77. The Morgan fingerprint density at radius 2 is 1.74 bits per heavy atom. The number of benzene rings is 2. The van der Waals surface area contributed by atoms with Gasteiger partial charge in [-0.1, -0.05) is 49.4 Å². The first kappa shape index (κ1) is 20.2. The van der Waals surface area contributed by atoms with E-state index in [0.29, 0.717) is 13.2 Å². The van der Waals surface area contributed by atoms with Crippen molar-refractivity contribution >= 4 is 18.0 Å². The molecular formula is C22H25NO4. The van der Waals surface area contributed by atoms with Crippen molar-refractivity contribution in [1.82, 2.24) is 4.90 Å². The molecule has 0 bridgehead atoms. The lowest BCUT2D eigenvalue weighted by molar-refractivity contribution is -0.145. The second kappa shape index (κ2) is 10.2. The maximum absolute atomic E-state index is 12.2. The number of hydrogen-bond donors (Lipinski definition) is 0. The number of carbonyl (C=O) groups is 2. The summed E-state index contributed by atoms with van der Waals surface area (Å²) in [5, 5.41) is 0. The SMILES string of the molecule is COC(=O)C(C)CN(C)C(=O)/C=C/c1ccc(OCc2ccccc2)cc1. The second-order valence-corrected chi connectivity index (χ2v) is 6.32. The molecule has 0 saturated carbocycles. The topological polar surface area (TPSA) is 55.8 Å². The lowest BCUT2D eigenvalue weighted by Crippen LogP contribution is -2.33. The molecule has 0 aliphatic carbocycles. The summed E-state index contributed by atoms with van der Waals surface area (Å²) in [5.74, 6) is -0.0929. The van der Waals surface area contributed by atoms with E-state index in [1.54, 1.807) is 20.0 Å². The van der Waals surface area contributed by atoms with Gasteiger partial charge in [0.15, 0.2) is 0 Å². The van der Waals surface area contributed by atoms with Gasteiger partial charge in [0.2, 0.25) is 5.91 Å². The normalized spacial score (nSPS) is 11.8. The van der Waals surface area contributed by atoms with Gasteiger partial charge in [-0.3, -0.25) is 9.59 Å². The zero-order chi connectivity index (χ0) is 19.6. The second-order valence-electron chi connectivity index (χ2n) is 6.32. The molecule has 0 aliphatic heterocycles. The van der Waals surface area contributed by atoms with Crippen molar-refractivity contribution < 1.29 is 19.1 Å². The highest BCUT2D eigenvalue weighted by Gasteiger charge is 2.17. The highest BCUT2D eigenvalue weighted by atomic mass is 16.5. The summed E-state index contributed by atoms with van der Waals surface area (Å²) in [5.41, 5.74) is 2.00. The highest BCUT2D eigenvalue weighted by molar-refractivity contribution is 5.91. The maximum atomic E-state index is 12.2. The fraction of sp³-hybridized carbons (Fsp3) is 0.273. The molecule has 0 spiro atoms. The molecule has 1 amide bonds. The molecule has 0 fully saturated rings. The molecule has 2 aromatic rings. The number of rotatable bonds is 8. The Kier molecular flexibility index (Phi) is 7.62. The average Bonchev–Trinajstić information content (AvgIpc) is 2.71. The van der Waals surface area contributed by atoms with Crippen LogP contribution in [0.15, 0.2) is 60.7 Å². The number of esters is 1. The molecule has 0 saturated heterocycles. The molecule has 1 unspecified atom stereocenters. The number of likely N-dealkylation sites (N-methyl/N-ethyl adjacent to an activating group) is 1. The van der Waals surface area contributed by atoms with Crippen molar-refractivity contribution in [2.75, 3.05) is 20.7 Å². The van der Waals surface area contributed by atoms with Crippen LogP contribution in [0, 0.1) is 5.92 Å². The average molecular weight is 367 g/mol. The third kappa shape index (κ3) is 6.62. The van der Waals surface area contributed by atoms with Gasteiger partial charge in [-0.25, -0.2) is 0 Å². The fourth-order valence-corrected chi connectivity index (χ4v) is 2.49. The number of hydrogen-bond acceptors (Lipinski definition) is 4. The van der Waals surface area contributed by atoms with E-state index in [1.807, 2.05) is 54.6 Å².